The van der Waals surface area contributed by atoms with E-state index in [0.717, 1.165) is 26.2 Å². The summed E-state index contributed by atoms with van der Waals surface area (Å²) in [5.41, 5.74) is 0.952. The van der Waals surface area contributed by atoms with Crippen LogP contribution in [0, 0.1) is 5.82 Å². The fourth-order valence-electron chi connectivity index (χ4n) is 3.21. The third-order valence-corrected chi connectivity index (χ3v) is 5.36. The maximum absolute atomic E-state index is 13.2. The first-order valence-electron chi connectivity index (χ1n) is 9.64. The number of hydrogen-bond donors (Lipinski definition) is 2. The molecule has 1 fully saturated rings. The average molecular weight is 453 g/mol. The van der Waals surface area contributed by atoms with Gasteiger partial charge in [-0.2, -0.15) is 0 Å². The van der Waals surface area contributed by atoms with Crippen LogP contribution >= 0.6 is 23.2 Å². The average Bonchev–Trinajstić information content (AvgIpc) is 2.70. The molecule has 0 saturated carbocycles. The highest BCUT2D eigenvalue weighted by Crippen LogP contribution is 2.25. The van der Waals surface area contributed by atoms with E-state index in [1.807, 2.05) is 4.90 Å². The molecule has 9 heteroatoms. The van der Waals surface area contributed by atoms with E-state index < -0.39 is 0 Å². The van der Waals surface area contributed by atoms with Gasteiger partial charge >= 0.3 is 0 Å². The van der Waals surface area contributed by atoms with Crippen LogP contribution in [0.25, 0.3) is 0 Å². The second-order valence-electron chi connectivity index (χ2n) is 7.10. The van der Waals surface area contributed by atoms with E-state index in [4.69, 9.17) is 23.2 Å². The second kappa shape index (κ2) is 10.7. The number of nitrogens with one attached hydrogen (secondary N) is 2. The Morgan fingerprint density at radius 2 is 1.67 bits per heavy atom. The first-order valence-corrected chi connectivity index (χ1v) is 10.4. The molecule has 160 valence electrons. The zero-order valence-electron chi connectivity index (χ0n) is 16.3. The molecular formula is C21H23Cl2FN4O2. The number of nitrogens with zero attached hydrogens (tertiary/aromatic N) is 2. The molecule has 0 radical (unpaired) electrons. The monoisotopic (exact) mass is 452 g/mol. The lowest BCUT2D eigenvalue weighted by molar-refractivity contribution is -0.117. The van der Waals surface area contributed by atoms with Gasteiger partial charge in [-0.15, -0.1) is 0 Å². The van der Waals surface area contributed by atoms with Gasteiger partial charge in [0, 0.05) is 49.9 Å². The molecule has 1 aliphatic rings. The summed E-state index contributed by atoms with van der Waals surface area (Å²) in [6, 6.07) is 10.8. The van der Waals surface area contributed by atoms with E-state index in [-0.39, 0.29) is 24.2 Å². The molecule has 1 saturated heterocycles. The molecule has 2 aromatic carbocycles. The van der Waals surface area contributed by atoms with Gasteiger partial charge in [-0.25, -0.2) is 4.39 Å². The summed E-state index contributed by atoms with van der Waals surface area (Å²) < 4.78 is 13.2. The molecule has 3 rings (SSSR count). The minimum atomic E-state index is -0.386. The Balaban J connectivity index is 1.36. The summed E-state index contributed by atoms with van der Waals surface area (Å²) in [7, 11) is 0. The fourth-order valence-corrected chi connectivity index (χ4v) is 3.54. The highest BCUT2D eigenvalue weighted by Gasteiger charge is 2.19. The lowest BCUT2D eigenvalue weighted by atomic mass is 10.2. The van der Waals surface area contributed by atoms with Crippen LogP contribution in [0.3, 0.4) is 0 Å². The Morgan fingerprint density at radius 3 is 2.40 bits per heavy atom. The quantitative estimate of drug-likeness (QED) is 0.671. The summed E-state index contributed by atoms with van der Waals surface area (Å²) in [4.78, 5) is 28.6. The van der Waals surface area contributed by atoms with Gasteiger partial charge < -0.3 is 15.5 Å². The van der Waals surface area contributed by atoms with E-state index in [0.29, 0.717) is 34.4 Å². The van der Waals surface area contributed by atoms with Crippen molar-refractivity contribution in [1.29, 1.82) is 0 Å². The van der Waals surface area contributed by atoms with Gasteiger partial charge in [0.05, 0.1) is 17.3 Å². The van der Waals surface area contributed by atoms with Gasteiger partial charge in [-0.1, -0.05) is 29.3 Å². The lowest BCUT2D eigenvalue weighted by Crippen LogP contribution is -2.49. The van der Waals surface area contributed by atoms with Crippen LogP contribution in [0.5, 0.6) is 0 Å². The summed E-state index contributed by atoms with van der Waals surface area (Å²) in [5.74, 6) is -0.689. The molecule has 0 spiro atoms. The van der Waals surface area contributed by atoms with Crippen LogP contribution in [0.4, 0.5) is 15.8 Å². The second-order valence-corrected chi connectivity index (χ2v) is 7.94. The molecule has 2 N–H and O–H groups in total. The zero-order valence-corrected chi connectivity index (χ0v) is 17.8. The number of amides is 2. The predicted molar refractivity (Wildman–Crippen MR) is 118 cm³/mol. The summed E-state index contributed by atoms with van der Waals surface area (Å²) in [6.07, 6.45) is 0.336. The van der Waals surface area contributed by atoms with E-state index in [9.17, 15) is 14.0 Å². The van der Waals surface area contributed by atoms with Crippen LogP contribution in [-0.2, 0) is 9.59 Å². The summed E-state index contributed by atoms with van der Waals surface area (Å²) >= 11 is 12.0. The van der Waals surface area contributed by atoms with Crippen molar-refractivity contribution in [2.45, 2.75) is 6.42 Å². The lowest BCUT2D eigenvalue weighted by Gasteiger charge is -2.34. The van der Waals surface area contributed by atoms with Gasteiger partial charge in [-0.3, -0.25) is 14.5 Å². The topological polar surface area (TPSA) is 64.7 Å². The molecule has 0 aliphatic carbocycles. The smallest absolute Gasteiger partial charge is 0.238 e. The zero-order chi connectivity index (χ0) is 21.5. The minimum absolute atomic E-state index is 0.129. The maximum Gasteiger partial charge on any atom is 0.238 e. The third-order valence-electron chi connectivity index (χ3n) is 4.80. The number of carbonyl (C=O) groups excluding carboxylic acids is 2. The maximum atomic E-state index is 13.2. The molecule has 0 atom stereocenters. The van der Waals surface area contributed by atoms with E-state index in [1.54, 1.807) is 30.3 Å². The van der Waals surface area contributed by atoms with Crippen molar-refractivity contribution in [3.63, 3.8) is 0 Å². The van der Waals surface area contributed by atoms with Crippen molar-refractivity contribution in [1.82, 2.24) is 9.80 Å². The Labute approximate surface area is 184 Å². The Bertz CT molecular complexity index is 904. The standard InChI is InChI=1S/C21H23Cl2FN4O2/c22-15-4-5-18(23)19(12-15)26-20(29)6-7-27-8-10-28(11-9-27)14-21(30)25-17-3-1-2-16(24)13-17/h1-5,12-13H,6-11,14H2,(H,25,30)(H,26,29). The van der Waals surface area contributed by atoms with Crippen LogP contribution in [-0.4, -0.2) is 60.9 Å². The molecule has 0 bridgehead atoms. The number of hydrogen-bond acceptors (Lipinski definition) is 4. The molecule has 2 amide bonds. The Hall–Kier alpha value is -2.19. The van der Waals surface area contributed by atoms with Crippen LogP contribution in [0.2, 0.25) is 10.0 Å². The first kappa shape index (κ1) is 22.5. The van der Waals surface area contributed by atoms with E-state index >= 15 is 0 Å². The van der Waals surface area contributed by atoms with Crippen LogP contribution in [0.15, 0.2) is 42.5 Å². The summed E-state index contributed by atoms with van der Waals surface area (Å²) in [5, 5.41) is 6.44. The SMILES string of the molecule is O=C(CN1CCN(CCC(=O)Nc2cc(Cl)ccc2Cl)CC1)Nc1cccc(F)c1. The largest absolute Gasteiger partial charge is 0.325 e. The minimum Gasteiger partial charge on any atom is -0.325 e. The molecule has 1 heterocycles. The van der Waals surface area contributed by atoms with Crippen LogP contribution in [0.1, 0.15) is 6.42 Å². The molecule has 30 heavy (non-hydrogen) atoms. The van der Waals surface area contributed by atoms with Crippen molar-refractivity contribution in [3.8, 4) is 0 Å². The first-order chi connectivity index (χ1) is 14.4. The number of anilines is 2. The number of benzene rings is 2. The molecular weight excluding hydrogens is 430 g/mol. The number of piperazine rings is 1. The van der Waals surface area contributed by atoms with Gasteiger partial charge in [0.2, 0.25) is 11.8 Å². The normalized spacial score (nSPS) is 15.0. The Kier molecular flexibility index (Phi) is 8.04. The predicted octanol–water partition coefficient (Wildman–Crippen LogP) is 3.72. The number of rotatable bonds is 7. The Morgan fingerprint density at radius 1 is 0.933 bits per heavy atom. The third kappa shape index (κ3) is 6.95. The van der Waals surface area contributed by atoms with Crippen molar-refractivity contribution < 1.29 is 14.0 Å². The summed E-state index contributed by atoms with van der Waals surface area (Å²) in [6.45, 7) is 3.83. The fraction of sp³-hybridized carbons (Fsp3) is 0.333. The van der Waals surface area contributed by atoms with Gasteiger partial charge in [-0.05, 0) is 36.4 Å². The highest BCUT2D eigenvalue weighted by atomic mass is 35.5. The van der Waals surface area contributed by atoms with E-state index in [1.165, 1.54) is 12.1 Å². The van der Waals surface area contributed by atoms with E-state index in [2.05, 4.69) is 15.5 Å². The van der Waals surface area contributed by atoms with Crippen molar-refractivity contribution >= 4 is 46.4 Å². The molecule has 0 aromatic heterocycles. The molecule has 6 nitrogen and oxygen atoms in total. The number of halogens is 3. The van der Waals surface area contributed by atoms with Crippen molar-refractivity contribution in [3.05, 3.63) is 58.3 Å². The molecule has 2 aromatic rings. The highest BCUT2D eigenvalue weighted by molar-refractivity contribution is 6.35. The van der Waals surface area contributed by atoms with Crippen molar-refractivity contribution in [2.24, 2.45) is 0 Å². The molecule has 0 unspecified atom stereocenters. The van der Waals surface area contributed by atoms with Gasteiger partial charge in [0.1, 0.15) is 5.82 Å². The van der Waals surface area contributed by atoms with Crippen molar-refractivity contribution in [2.75, 3.05) is 49.9 Å². The number of carbonyl (C=O) groups is 2. The van der Waals surface area contributed by atoms with Gasteiger partial charge in [0.15, 0.2) is 0 Å². The molecule has 1 aliphatic heterocycles. The van der Waals surface area contributed by atoms with Gasteiger partial charge in [0.25, 0.3) is 0 Å². The van der Waals surface area contributed by atoms with Crippen LogP contribution < -0.4 is 10.6 Å².